The third-order valence-corrected chi connectivity index (χ3v) is 5.67. The van der Waals surface area contributed by atoms with Gasteiger partial charge in [-0.15, -0.1) is 0 Å². The zero-order chi connectivity index (χ0) is 21.6. The minimum absolute atomic E-state index is 0.262. The van der Waals surface area contributed by atoms with Crippen LogP contribution in [0.15, 0.2) is 59.0 Å². The van der Waals surface area contributed by atoms with Gasteiger partial charge in [-0.2, -0.15) is 0 Å². The summed E-state index contributed by atoms with van der Waals surface area (Å²) in [5.41, 5.74) is 4.24. The van der Waals surface area contributed by atoms with Crippen molar-refractivity contribution < 1.29 is 13.9 Å². The van der Waals surface area contributed by atoms with Crippen LogP contribution < -0.4 is 10.1 Å². The second-order valence-corrected chi connectivity index (χ2v) is 8.31. The highest BCUT2D eigenvalue weighted by Crippen LogP contribution is 2.21. The normalized spacial score (nSPS) is 14.4. The number of amides is 1. The maximum atomic E-state index is 12.5. The fourth-order valence-electron chi connectivity index (χ4n) is 3.85. The summed E-state index contributed by atoms with van der Waals surface area (Å²) >= 11 is 0. The van der Waals surface area contributed by atoms with Crippen LogP contribution in [0.3, 0.4) is 0 Å². The number of carbonyl (C=O) groups is 1. The molecule has 0 bridgehead atoms. The first-order valence-electron chi connectivity index (χ1n) is 11.0. The maximum absolute atomic E-state index is 12.5. The molecule has 4 rings (SSSR count). The van der Waals surface area contributed by atoms with Gasteiger partial charge in [-0.05, 0) is 86.8 Å². The van der Waals surface area contributed by atoms with Crippen molar-refractivity contribution in [2.75, 3.05) is 18.4 Å². The first-order chi connectivity index (χ1) is 15.1. The first kappa shape index (κ1) is 21.2. The van der Waals surface area contributed by atoms with Gasteiger partial charge in [0.25, 0.3) is 5.91 Å². The Morgan fingerprint density at radius 3 is 2.55 bits per heavy atom. The van der Waals surface area contributed by atoms with Crippen molar-refractivity contribution >= 4 is 11.6 Å². The number of ether oxygens (including phenoxy) is 1. The maximum Gasteiger partial charge on any atom is 0.291 e. The van der Waals surface area contributed by atoms with Crippen LogP contribution in [0.2, 0.25) is 0 Å². The SMILES string of the molecule is Cc1ccc(C)c(OCc2ccc(C(=O)Nc3ccc(CN4CCCCC4)cc3)o2)c1. The number of hydrogen-bond donors (Lipinski definition) is 1. The number of aryl methyl sites for hydroxylation is 2. The summed E-state index contributed by atoms with van der Waals surface area (Å²) in [6.45, 7) is 7.63. The van der Waals surface area contributed by atoms with Gasteiger partial charge in [0.1, 0.15) is 18.1 Å². The van der Waals surface area contributed by atoms with Crippen LogP contribution in [0.1, 0.15) is 52.3 Å². The molecule has 0 spiro atoms. The molecule has 2 aromatic carbocycles. The average Bonchev–Trinajstić information content (AvgIpc) is 3.26. The Labute approximate surface area is 184 Å². The largest absolute Gasteiger partial charge is 0.485 e. The quantitative estimate of drug-likeness (QED) is 0.534. The van der Waals surface area contributed by atoms with Crippen LogP contribution >= 0.6 is 0 Å². The molecule has 1 saturated heterocycles. The molecule has 1 aromatic heterocycles. The Hall–Kier alpha value is -3.05. The van der Waals surface area contributed by atoms with Crippen LogP contribution in [0, 0.1) is 13.8 Å². The molecule has 0 unspecified atom stereocenters. The summed E-state index contributed by atoms with van der Waals surface area (Å²) in [5.74, 6) is 1.45. The van der Waals surface area contributed by atoms with E-state index < -0.39 is 0 Å². The van der Waals surface area contributed by atoms with Crippen molar-refractivity contribution in [3.63, 3.8) is 0 Å². The summed E-state index contributed by atoms with van der Waals surface area (Å²) in [4.78, 5) is 15.0. The zero-order valence-electron chi connectivity index (χ0n) is 18.3. The topological polar surface area (TPSA) is 54.7 Å². The average molecular weight is 419 g/mol. The summed E-state index contributed by atoms with van der Waals surface area (Å²) in [6.07, 6.45) is 3.91. The van der Waals surface area contributed by atoms with Crippen molar-refractivity contribution in [2.24, 2.45) is 0 Å². The lowest BCUT2D eigenvalue weighted by Crippen LogP contribution is -2.29. The van der Waals surface area contributed by atoms with Gasteiger partial charge in [-0.1, -0.05) is 30.7 Å². The van der Waals surface area contributed by atoms with E-state index in [9.17, 15) is 4.79 Å². The lowest BCUT2D eigenvalue weighted by molar-refractivity contribution is 0.0992. The van der Waals surface area contributed by atoms with Crippen LogP contribution in [-0.2, 0) is 13.2 Å². The number of benzene rings is 2. The standard InChI is InChI=1S/C26H30N2O3/c1-19-6-7-20(2)25(16-19)30-18-23-12-13-24(31-23)26(29)27-22-10-8-21(9-11-22)17-28-14-4-3-5-15-28/h6-13,16H,3-5,14-15,17-18H2,1-2H3,(H,27,29). The first-order valence-corrected chi connectivity index (χ1v) is 11.0. The Morgan fingerprint density at radius 1 is 1.00 bits per heavy atom. The number of nitrogens with zero attached hydrogens (tertiary/aromatic N) is 1. The Balaban J connectivity index is 1.30. The van der Waals surface area contributed by atoms with Crippen molar-refractivity contribution in [3.8, 4) is 5.75 Å². The number of hydrogen-bond acceptors (Lipinski definition) is 4. The van der Waals surface area contributed by atoms with E-state index in [-0.39, 0.29) is 18.3 Å². The molecular formula is C26H30N2O3. The molecule has 1 fully saturated rings. The molecule has 1 aliphatic heterocycles. The summed E-state index contributed by atoms with van der Waals surface area (Å²) < 4.78 is 11.6. The molecule has 0 aliphatic carbocycles. The van der Waals surface area contributed by atoms with Crippen LogP contribution in [0.25, 0.3) is 0 Å². The second-order valence-electron chi connectivity index (χ2n) is 8.31. The lowest BCUT2D eigenvalue weighted by atomic mass is 10.1. The van der Waals surface area contributed by atoms with E-state index in [1.807, 2.05) is 38.1 Å². The summed E-state index contributed by atoms with van der Waals surface area (Å²) in [7, 11) is 0. The van der Waals surface area contributed by atoms with E-state index in [1.54, 1.807) is 12.1 Å². The highest BCUT2D eigenvalue weighted by atomic mass is 16.5. The molecule has 5 nitrogen and oxygen atoms in total. The monoisotopic (exact) mass is 418 g/mol. The number of carbonyl (C=O) groups excluding carboxylic acids is 1. The molecule has 1 aliphatic rings. The van der Waals surface area contributed by atoms with Gasteiger partial charge in [0.15, 0.2) is 5.76 Å². The molecule has 1 amide bonds. The van der Waals surface area contributed by atoms with Gasteiger partial charge in [-0.25, -0.2) is 0 Å². The van der Waals surface area contributed by atoms with E-state index in [4.69, 9.17) is 9.15 Å². The van der Waals surface area contributed by atoms with E-state index in [0.29, 0.717) is 5.76 Å². The Kier molecular flexibility index (Phi) is 6.73. The van der Waals surface area contributed by atoms with Gasteiger partial charge >= 0.3 is 0 Å². The van der Waals surface area contributed by atoms with Gasteiger partial charge in [-0.3, -0.25) is 9.69 Å². The number of furan rings is 1. The molecule has 1 N–H and O–H groups in total. The van der Waals surface area contributed by atoms with Crippen molar-refractivity contribution in [1.82, 2.24) is 4.90 Å². The summed E-state index contributed by atoms with van der Waals surface area (Å²) in [5, 5.41) is 2.91. The zero-order valence-corrected chi connectivity index (χ0v) is 18.3. The van der Waals surface area contributed by atoms with Gasteiger partial charge < -0.3 is 14.5 Å². The second kappa shape index (κ2) is 9.84. The van der Waals surface area contributed by atoms with Crippen LogP contribution in [0.5, 0.6) is 5.75 Å². The highest BCUT2D eigenvalue weighted by molar-refractivity contribution is 6.02. The number of piperidine rings is 1. The fraction of sp³-hybridized carbons (Fsp3) is 0.346. The van der Waals surface area contributed by atoms with Crippen molar-refractivity contribution in [2.45, 2.75) is 46.3 Å². The van der Waals surface area contributed by atoms with E-state index >= 15 is 0 Å². The van der Waals surface area contributed by atoms with E-state index in [2.05, 4.69) is 28.4 Å². The number of anilines is 1. The van der Waals surface area contributed by atoms with Crippen LogP contribution in [-0.4, -0.2) is 23.9 Å². The Bertz CT molecular complexity index is 1020. The third-order valence-electron chi connectivity index (χ3n) is 5.67. The van der Waals surface area contributed by atoms with E-state index in [0.717, 1.165) is 29.1 Å². The summed E-state index contributed by atoms with van der Waals surface area (Å²) in [6, 6.07) is 17.6. The highest BCUT2D eigenvalue weighted by Gasteiger charge is 2.13. The molecule has 0 radical (unpaired) electrons. The minimum atomic E-state index is -0.262. The van der Waals surface area contributed by atoms with Gasteiger partial charge in [0.2, 0.25) is 0 Å². The Morgan fingerprint density at radius 2 is 1.77 bits per heavy atom. The van der Waals surface area contributed by atoms with Gasteiger partial charge in [0.05, 0.1) is 0 Å². The van der Waals surface area contributed by atoms with Crippen molar-refractivity contribution in [3.05, 3.63) is 82.8 Å². The molecule has 2 heterocycles. The number of likely N-dealkylation sites (tertiary alicyclic amines) is 1. The molecule has 0 atom stereocenters. The predicted molar refractivity (Wildman–Crippen MR) is 122 cm³/mol. The van der Waals surface area contributed by atoms with E-state index in [1.165, 1.54) is 37.9 Å². The third kappa shape index (κ3) is 5.76. The number of nitrogens with one attached hydrogen (secondary N) is 1. The van der Waals surface area contributed by atoms with Gasteiger partial charge in [0, 0.05) is 12.2 Å². The smallest absolute Gasteiger partial charge is 0.291 e. The predicted octanol–water partition coefficient (Wildman–Crippen LogP) is 5.71. The van der Waals surface area contributed by atoms with Crippen LogP contribution in [0.4, 0.5) is 5.69 Å². The molecular weight excluding hydrogens is 388 g/mol. The van der Waals surface area contributed by atoms with Crippen molar-refractivity contribution in [1.29, 1.82) is 0 Å². The molecule has 0 saturated carbocycles. The molecule has 31 heavy (non-hydrogen) atoms. The lowest BCUT2D eigenvalue weighted by Gasteiger charge is -2.26. The molecule has 162 valence electrons. The minimum Gasteiger partial charge on any atom is -0.485 e. The molecule has 3 aromatic rings. The molecule has 5 heteroatoms. The number of rotatable bonds is 7. The fourth-order valence-corrected chi connectivity index (χ4v) is 3.85.